The largest absolute Gasteiger partial charge is 0.396 e. The van der Waals surface area contributed by atoms with Crippen molar-refractivity contribution in [2.24, 2.45) is 0 Å². The van der Waals surface area contributed by atoms with E-state index in [0.29, 0.717) is 11.3 Å². The number of hydrogen-bond acceptors (Lipinski definition) is 4. The first-order chi connectivity index (χ1) is 15.5. The number of hydrogen-bond donors (Lipinski definition) is 2. The van der Waals surface area contributed by atoms with E-state index in [4.69, 9.17) is 5.11 Å². The molecule has 1 aromatic heterocycles. The highest BCUT2D eigenvalue weighted by molar-refractivity contribution is 7.92. The standard InChI is InChI=1S/C24H30FN3O3S/c25-21-16-14-20(15-17-21)24-19-22(11-7-4-2-1-3-5-10-18-29)26-28(24)27-32(30,31)23-12-8-6-9-13-23/h6,8-9,12-17,19,27,29H,1-5,7,10-11,18H2. The van der Waals surface area contributed by atoms with Crippen LogP contribution in [0.2, 0.25) is 0 Å². The lowest BCUT2D eigenvalue weighted by atomic mass is 10.1. The van der Waals surface area contributed by atoms with Crippen LogP contribution in [0.5, 0.6) is 0 Å². The first-order valence-corrected chi connectivity index (χ1v) is 12.5. The quantitative estimate of drug-likeness (QED) is 0.357. The van der Waals surface area contributed by atoms with Crippen LogP contribution < -0.4 is 4.83 Å². The van der Waals surface area contributed by atoms with Gasteiger partial charge >= 0.3 is 0 Å². The first-order valence-electron chi connectivity index (χ1n) is 11.0. The molecule has 6 nitrogen and oxygen atoms in total. The van der Waals surface area contributed by atoms with Crippen molar-refractivity contribution in [1.82, 2.24) is 9.89 Å². The van der Waals surface area contributed by atoms with Crippen molar-refractivity contribution >= 4 is 10.0 Å². The molecule has 0 aliphatic rings. The third kappa shape index (κ3) is 6.90. The summed E-state index contributed by atoms with van der Waals surface area (Å²) in [5.74, 6) is -0.358. The molecule has 0 saturated carbocycles. The minimum atomic E-state index is -3.82. The minimum Gasteiger partial charge on any atom is -0.396 e. The van der Waals surface area contributed by atoms with Gasteiger partial charge in [-0.05, 0) is 61.7 Å². The molecule has 0 aliphatic heterocycles. The summed E-state index contributed by atoms with van der Waals surface area (Å²) >= 11 is 0. The van der Waals surface area contributed by atoms with Crippen LogP contribution >= 0.6 is 0 Å². The molecule has 3 aromatic rings. The van der Waals surface area contributed by atoms with E-state index in [-0.39, 0.29) is 17.3 Å². The molecule has 0 atom stereocenters. The normalized spacial score (nSPS) is 11.6. The Hall–Kier alpha value is -2.71. The molecule has 0 bridgehead atoms. The number of nitrogens with one attached hydrogen (secondary N) is 1. The third-order valence-corrected chi connectivity index (χ3v) is 6.56. The van der Waals surface area contributed by atoms with Gasteiger partial charge < -0.3 is 5.11 Å². The molecule has 0 amide bonds. The lowest BCUT2D eigenvalue weighted by Gasteiger charge is -2.11. The molecule has 2 aromatic carbocycles. The summed E-state index contributed by atoms with van der Waals surface area (Å²) in [6.45, 7) is 0.257. The molecule has 0 fully saturated rings. The zero-order valence-electron chi connectivity index (χ0n) is 18.1. The molecular weight excluding hydrogens is 429 g/mol. The summed E-state index contributed by atoms with van der Waals surface area (Å²) in [5.41, 5.74) is 2.01. The monoisotopic (exact) mass is 459 g/mol. The number of nitrogens with zero attached hydrogens (tertiary/aromatic N) is 2. The fourth-order valence-electron chi connectivity index (χ4n) is 3.52. The summed E-state index contributed by atoms with van der Waals surface area (Å²) < 4.78 is 39.0. The van der Waals surface area contributed by atoms with Gasteiger partial charge in [0.1, 0.15) is 5.82 Å². The average Bonchev–Trinajstić information content (AvgIpc) is 3.18. The predicted molar refractivity (Wildman–Crippen MR) is 124 cm³/mol. The SMILES string of the molecule is O=S(=O)(Nn1nc(CCCCCCCCCO)cc1-c1ccc(F)cc1)c1ccccc1. The summed E-state index contributed by atoms with van der Waals surface area (Å²) in [5, 5.41) is 13.3. The highest BCUT2D eigenvalue weighted by Crippen LogP contribution is 2.22. The van der Waals surface area contributed by atoms with E-state index < -0.39 is 10.0 Å². The van der Waals surface area contributed by atoms with Gasteiger partial charge in [0.2, 0.25) is 0 Å². The Morgan fingerprint density at radius 3 is 2.16 bits per heavy atom. The predicted octanol–water partition coefficient (Wildman–Crippen LogP) is 4.89. The van der Waals surface area contributed by atoms with Gasteiger partial charge in [-0.25, -0.2) is 4.39 Å². The number of aliphatic hydroxyl groups excluding tert-OH is 1. The Kier molecular flexibility index (Phi) is 8.81. The zero-order valence-corrected chi connectivity index (χ0v) is 18.9. The molecule has 0 aliphatic carbocycles. The van der Waals surface area contributed by atoms with Crippen molar-refractivity contribution in [3.05, 3.63) is 72.2 Å². The van der Waals surface area contributed by atoms with Crippen LogP contribution in [-0.4, -0.2) is 30.0 Å². The number of sulfonamides is 1. The van der Waals surface area contributed by atoms with Crippen molar-refractivity contribution in [2.75, 3.05) is 11.4 Å². The van der Waals surface area contributed by atoms with Crippen molar-refractivity contribution in [3.63, 3.8) is 0 Å². The highest BCUT2D eigenvalue weighted by Gasteiger charge is 2.18. The summed E-state index contributed by atoms with van der Waals surface area (Å²) in [7, 11) is -3.82. The third-order valence-electron chi connectivity index (χ3n) is 5.25. The van der Waals surface area contributed by atoms with Gasteiger partial charge in [0.15, 0.2) is 0 Å². The smallest absolute Gasteiger partial charge is 0.276 e. The van der Waals surface area contributed by atoms with Crippen molar-refractivity contribution in [3.8, 4) is 11.3 Å². The van der Waals surface area contributed by atoms with E-state index >= 15 is 0 Å². The fraction of sp³-hybridized carbons (Fsp3) is 0.375. The van der Waals surface area contributed by atoms with Crippen LogP contribution in [0.1, 0.15) is 50.6 Å². The Labute approximate surface area is 189 Å². The Morgan fingerprint density at radius 1 is 0.875 bits per heavy atom. The summed E-state index contributed by atoms with van der Waals surface area (Å²) in [4.78, 5) is 3.94. The van der Waals surface area contributed by atoms with Gasteiger partial charge in [0, 0.05) is 12.2 Å². The number of benzene rings is 2. The van der Waals surface area contributed by atoms with Crippen LogP contribution in [0, 0.1) is 5.82 Å². The fourth-order valence-corrected chi connectivity index (χ4v) is 4.50. The van der Waals surface area contributed by atoms with E-state index in [1.54, 1.807) is 30.3 Å². The summed E-state index contributed by atoms with van der Waals surface area (Å²) in [6.07, 6.45) is 8.06. The van der Waals surface area contributed by atoms with Gasteiger partial charge in [-0.2, -0.15) is 23.1 Å². The molecule has 32 heavy (non-hydrogen) atoms. The van der Waals surface area contributed by atoms with Gasteiger partial charge in [-0.1, -0.05) is 50.3 Å². The second kappa shape index (κ2) is 11.8. The maximum absolute atomic E-state index is 13.4. The molecule has 2 N–H and O–H groups in total. The van der Waals surface area contributed by atoms with Crippen molar-refractivity contribution in [1.29, 1.82) is 0 Å². The minimum absolute atomic E-state index is 0.142. The molecule has 0 unspecified atom stereocenters. The molecule has 0 radical (unpaired) electrons. The highest BCUT2D eigenvalue weighted by atomic mass is 32.2. The van der Waals surface area contributed by atoms with E-state index in [0.717, 1.165) is 57.1 Å². The van der Waals surface area contributed by atoms with Crippen LogP contribution in [0.4, 0.5) is 4.39 Å². The lowest BCUT2D eigenvalue weighted by Crippen LogP contribution is -2.25. The Morgan fingerprint density at radius 2 is 1.50 bits per heavy atom. The van der Waals surface area contributed by atoms with E-state index in [9.17, 15) is 12.8 Å². The second-order valence-corrected chi connectivity index (χ2v) is 9.46. The maximum atomic E-state index is 13.4. The van der Waals surface area contributed by atoms with E-state index in [2.05, 4.69) is 9.93 Å². The number of halogens is 1. The molecule has 8 heteroatoms. The maximum Gasteiger partial charge on any atom is 0.276 e. The molecule has 172 valence electrons. The molecule has 3 rings (SSSR count). The Balaban J connectivity index is 1.70. The van der Waals surface area contributed by atoms with Crippen LogP contribution in [-0.2, 0) is 16.4 Å². The molecule has 0 spiro atoms. The van der Waals surface area contributed by atoms with Gasteiger partial charge in [-0.15, -0.1) is 0 Å². The van der Waals surface area contributed by atoms with E-state index in [1.807, 2.05) is 6.07 Å². The molecule has 0 saturated heterocycles. The van der Waals surface area contributed by atoms with E-state index in [1.165, 1.54) is 29.1 Å². The first kappa shape index (κ1) is 23.9. The van der Waals surface area contributed by atoms with Crippen LogP contribution in [0.3, 0.4) is 0 Å². The number of aromatic nitrogens is 2. The lowest BCUT2D eigenvalue weighted by molar-refractivity contribution is 0.282. The molecule has 1 heterocycles. The average molecular weight is 460 g/mol. The number of rotatable bonds is 13. The van der Waals surface area contributed by atoms with Gasteiger partial charge in [0.05, 0.1) is 16.3 Å². The zero-order chi connectivity index (χ0) is 22.8. The van der Waals surface area contributed by atoms with Crippen molar-refractivity contribution < 1.29 is 17.9 Å². The van der Waals surface area contributed by atoms with Crippen LogP contribution in [0.15, 0.2) is 65.6 Å². The molecular formula is C24H30FN3O3S. The number of aliphatic hydroxyl groups is 1. The van der Waals surface area contributed by atoms with Gasteiger partial charge in [0.25, 0.3) is 10.0 Å². The summed E-state index contributed by atoms with van der Waals surface area (Å²) in [6, 6.07) is 15.9. The topological polar surface area (TPSA) is 84.2 Å². The number of unbranched alkanes of at least 4 members (excludes halogenated alkanes) is 6. The Bertz CT molecular complexity index is 1070. The second-order valence-electron chi connectivity index (χ2n) is 7.80. The van der Waals surface area contributed by atoms with Crippen molar-refractivity contribution in [2.45, 2.75) is 56.3 Å². The van der Waals surface area contributed by atoms with Crippen LogP contribution in [0.25, 0.3) is 11.3 Å². The number of aryl methyl sites for hydroxylation is 1. The van der Waals surface area contributed by atoms with Gasteiger partial charge in [-0.3, -0.25) is 0 Å².